The van der Waals surface area contributed by atoms with E-state index < -0.39 is 24.3 Å². The molecule has 1 aliphatic rings. The Morgan fingerprint density at radius 3 is 2.81 bits per heavy atom. The van der Waals surface area contributed by atoms with Crippen molar-refractivity contribution in [2.75, 3.05) is 26.6 Å². The van der Waals surface area contributed by atoms with E-state index in [9.17, 15) is 9.90 Å². The molecular formula is C25H27N7O5. The van der Waals surface area contributed by atoms with E-state index in [1.165, 1.54) is 7.05 Å². The molecule has 0 bridgehead atoms. The zero-order chi connectivity index (χ0) is 25.9. The van der Waals surface area contributed by atoms with Gasteiger partial charge in [-0.1, -0.05) is 12.1 Å². The Balaban J connectivity index is 1.55. The SMILES string of the molecule is CNC(=O)[C@H]1O[C@@H](n2cnc3c(NCc4cccc(OC)c4)nc(-c4cncc(OC)c4)nc32)C[C@@H]1O. The number of hydrogen-bond acceptors (Lipinski definition) is 10. The number of amides is 1. The molecule has 1 fully saturated rings. The molecule has 192 valence electrons. The number of nitrogens with one attached hydrogen (secondary N) is 2. The summed E-state index contributed by atoms with van der Waals surface area (Å²) in [7, 11) is 4.69. The maximum atomic E-state index is 12.1. The summed E-state index contributed by atoms with van der Waals surface area (Å²) in [6.45, 7) is 0.462. The molecule has 4 aromatic rings. The van der Waals surface area contributed by atoms with Crippen LogP contribution in [0, 0.1) is 0 Å². The van der Waals surface area contributed by atoms with E-state index in [1.807, 2.05) is 24.3 Å². The summed E-state index contributed by atoms with van der Waals surface area (Å²) in [6.07, 6.45) is 2.44. The fraction of sp³-hybridized carbons (Fsp3) is 0.320. The van der Waals surface area contributed by atoms with Gasteiger partial charge < -0.3 is 30.0 Å². The molecule has 3 aromatic heterocycles. The van der Waals surface area contributed by atoms with Gasteiger partial charge >= 0.3 is 0 Å². The Morgan fingerprint density at radius 1 is 1.19 bits per heavy atom. The number of rotatable bonds is 8. The number of hydrogen-bond donors (Lipinski definition) is 3. The van der Waals surface area contributed by atoms with Gasteiger partial charge in [-0.05, 0) is 23.8 Å². The van der Waals surface area contributed by atoms with Crippen LogP contribution < -0.4 is 20.1 Å². The van der Waals surface area contributed by atoms with Crippen molar-refractivity contribution >= 4 is 22.9 Å². The van der Waals surface area contributed by atoms with E-state index in [4.69, 9.17) is 24.2 Å². The van der Waals surface area contributed by atoms with E-state index in [2.05, 4.69) is 20.6 Å². The predicted molar refractivity (Wildman–Crippen MR) is 134 cm³/mol. The quantitative estimate of drug-likeness (QED) is 0.325. The lowest BCUT2D eigenvalue weighted by molar-refractivity contribution is -0.137. The van der Waals surface area contributed by atoms with Crippen molar-refractivity contribution in [3.05, 3.63) is 54.6 Å². The molecule has 12 nitrogen and oxygen atoms in total. The molecule has 4 heterocycles. The highest BCUT2D eigenvalue weighted by atomic mass is 16.5. The number of aliphatic hydroxyl groups is 1. The third-order valence-corrected chi connectivity index (χ3v) is 6.13. The Hall–Kier alpha value is -4.29. The van der Waals surface area contributed by atoms with Crippen molar-refractivity contribution in [2.24, 2.45) is 0 Å². The van der Waals surface area contributed by atoms with Gasteiger partial charge in [-0.25, -0.2) is 15.0 Å². The predicted octanol–water partition coefficient (Wildman–Crippen LogP) is 1.91. The highest BCUT2D eigenvalue weighted by Gasteiger charge is 2.40. The standard InChI is InChI=1S/C25H27N7O5/c1-26-25(34)21-18(33)9-19(37-21)32-13-29-20-23(28-10-14-5-4-6-16(7-14)35-2)30-22(31-24(20)32)15-8-17(36-3)12-27-11-15/h4-8,11-13,18-19,21,33H,9-10H2,1-3H3,(H,26,34)(H,28,30,31)/t18-,19+,21-/m0/s1. The Labute approximate surface area is 212 Å². The monoisotopic (exact) mass is 505 g/mol. The normalized spacial score (nSPS) is 19.1. The number of aliphatic hydroxyl groups excluding tert-OH is 1. The largest absolute Gasteiger partial charge is 0.497 e. The summed E-state index contributed by atoms with van der Waals surface area (Å²) in [5.74, 6) is 1.83. The third-order valence-electron chi connectivity index (χ3n) is 6.13. The lowest BCUT2D eigenvalue weighted by atomic mass is 10.1. The summed E-state index contributed by atoms with van der Waals surface area (Å²) < 4.78 is 18.2. The minimum atomic E-state index is -0.984. The maximum absolute atomic E-state index is 12.1. The van der Waals surface area contributed by atoms with Gasteiger partial charge in [0.05, 0.1) is 32.8 Å². The lowest BCUT2D eigenvalue weighted by Crippen LogP contribution is -2.38. The van der Waals surface area contributed by atoms with Gasteiger partial charge in [-0.15, -0.1) is 0 Å². The van der Waals surface area contributed by atoms with Gasteiger partial charge in [-0.3, -0.25) is 14.3 Å². The van der Waals surface area contributed by atoms with Crippen LogP contribution in [0.1, 0.15) is 18.2 Å². The zero-order valence-electron chi connectivity index (χ0n) is 20.6. The topological polar surface area (TPSA) is 146 Å². The van der Waals surface area contributed by atoms with E-state index >= 15 is 0 Å². The van der Waals surface area contributed by atoms with Gasteiger partial charge in [0.1, 0.15) is 17.7 Å². The summed E-state index contributed by atoms with van der Waals surface area (Å²) in [4.78, 5) is 30.4. The van der Waals surface area contributed by atoms with Crippen molar-refractivity contribution in [1.29, 1.82) is 0 Å². The first-order valence-electron chi connectivity index (χ1n) is 11.7. The Kier molecular flexibility index (Phi) is 6.84. The summed E-state index contributed by atoms with van der Waals surface area (Å²) in [5.41, 5.74) is 2.64. The van der Waals surface area contributed by atoms with Crippen LogP contribution in [-0.2, 0) is 16.1 Å². The number of pyridine rings is 1. The molecule has 0 unspecified atom stereocenters. The van der Waals surface area contributed by atoms with Crippen LogP contribution in [0.5, 0.6) is 11.5 Å². The van der Waals surface area contributed by atoms with Crippen LogP contribution in [0.4, 0.5) is 5.82 Å². The number of benzene rings is 1. The van der Waals surface area contributed by atoms with Crippen molar-refractivity contribution in [1.82, 2.24) is 29.8 Å². The van der Waals surface area contributed by atoms with Crippen molar-refractivity contribution in [3.8, 4) is 22.9 Å². The molecule has 3 N–H and O–H groups in total. The summed E-state index contributed by atoms with van der Waals surface area (Å²) >= 11 is 0. The molecule has 1 aliphatic heterocycles. The number of anilines is 1. The number of ether oxygens (including phenoxy) is 3. The van der Waals surface area contributed by atoms with E-state index in [-0.39, 0.29) is 6.42 Å². The number of nitrogens with zero attached hydrogens (tertiary/aromatic N) is 5. The van der Waals surface area contributed by atoms with Crippen LogP contribution in [0.2, 0.25) is 0 Å². The Bertz CT molecular complexity index is 1430. The number of fused-ring (bicyclic) bond motifs is 1. The number of aromatic nitrogens is 5. The highest BCUT2D eigenvalue weighted by molar-refractivity contribution is 5.85. The minimum Gasteiger partial charge on any atom is -0.497 e. The molecule has 1 aromatic carbocycles. The van der Waals surface area contributed by atoms with Crippen molar-refractivity contribution < 1.29 is 24.1 Å². The smallest absolute Gasteiger partial charge is 0.251 e. The molecule has 37 heavy (non-hydrogen) atoms. The van der Waals surface area contributed by atoms with Gasteiger partial charge in [0.25, 0.3) is 5.91 Å². The molecule has 0 radical (unpaired) electrons. The van der Waals surface area contributed by atoms with Gasteiger partial charge in [-0.2, -0.15) is 0 Å². The van der Waals surface area contributed by atoms with Gasteiger partial charge in [0.15, 0.2) is 28.9 Å². The molecule has 1 saturated heterocycles. The molecule has 3 atom stereocenters. The minimum absolute atomic E-state index is 0.205. The average molecular weight is 506 g/mol. The number of imidazole rings is 1. The van der Waals surface area contributed by atoms with Gasteiger partial charge in [0.2, 0.25) is 0 Å². The van der Waals surface area contributed by atoms with E-state index in [1.54, 1.807) is 43.6 Å². The number of methoxy groups -OCH3 is 2. The molecule has 1 amide bonds. The van der Waals surface area contributed by atoms with Crippen LogP contribution in [0.3, 0.4) is 0 Å². The second-order valence-electron chi connectivity index (χ2n) is 8.47. The van der Waals surface area contributed by atoms with Crippen LogP contribution in [0.25, 0.3) is 22.6 Å². The molecule has 0 saturated carbocycles. The maximum Gasteiger partial charge on any atom is 0.251 e. The van der Waals surface area contributed by atoms with Crippen LogP contribution in [0.15, 0.2) is 49.1 Å². The molecule has 0 spiro atoms. The van der Waals surface area contributed by atoms with E-state index in [0.717, 1.165) is 11.3 Å². The van der Waals surface area contributed by atoms with Crippen LogP contribution in [-0.4, -0.2) is 69.0 Å². The lowest BCUT2D eigenvalue weighted by Gasteiger charge is -2.15. The molecular weight excluding hydrogens is 478 g/mol. The summed E-state index contributed by atoms with van der Waals surface area (Å²) in [5, 5.41) is 16.3. The summed E-state index contributed by atoms with van der Waals surface area (Å²) in [6, 6.07) is 9.50. The fourth-order valence-electron chi connectivity index (χ4n) is 4.20. The first kappa shape index (κ1) is 24.4. The van der Waals surface area contributed by atoms with Crippen molar-refractivity contribution in [2.45, 2.75) is 31.4 Å². The number of carbonyl (C=O) groups excluding carboxylic acids is 1. The Morgan fingerprint density at radius 2 is 2.03 bits per heavy atom. The third kappa shape index (κ3) is 4.88. The second kappa shape index (κ2) is 10.4. The molecule has 12 heteroatoms. The molecule has 0 aliphatic carbocycles. The fourth-order valence-corrected chi connectivity index (χ4v) is 4.20. The first-order valence-corrected chi connectivity index (χ1v) is 11.7. The van der Waals surface area contributed by atoms with Crippen molar-refractivity contribution in [3.63, 3.8) is 0 Å². The average Bonchev–Trinajstić information content (AvgIpc) is 3.54. The zero-order valence-corrected chi connectivity index (χ0v) is 20.6. The number of carbonyl (C=O) groups is 1. The first-order chi connectivity index (χ1) is 18.0. The van der Waals surface area contributed by atoms with Crippen LogP contribution >= 0.6 is 0 Å². The van der Waals surface area contributed by atoms with E-state index in [0.29, 0.717) is 40.7 Å². The highest BCUT2D eigenvalue weighted by Crippen LogP contribution is 2.33. The second-order valence-corrected chi connectivity index (χ2v) is 8.47. The van der Waals surface area contributed by atoms with Gasteiger partial charge in [0, 0.05) is 31.8 Å². The number of likely N-dealkylation sites (N-methyl/N-ethyl adjacent to an activating group) is 1. The molecule has 5 rings (SSSR count).